The lowest BCUT2D eigenvalue weighted by Gasteiger charge is -2.22. The number of pyridine rings is 1. The number of nitriles is 1. The molecule has 0 aliphatic rings. The Bertz CT molecular complexity index is 946. The Morgan fingerprint density at radius 3 is 2.54 bits per heavy atom. The summed E-state index contributed by atoms with van der Waals surface area (Å²) in [5.74, 6) is -1.35. The number of nitrogens with zero attached hydrogens (tertiary/aromatic N) is 4. The van der Waals surface area contributed by atoms with E-state index >= 15 is 0 Å². The number of amides is 2. The molecule has 2 heterocycles. The Labute approximate surface area is 156 Å². The molecule has 0 radical (unpaired) electrons. The van der Waals surface area contributed by atoms with Crippen molar-refractivity contribution >= 4 is 23.2 Å². The van der Waals surface area contributed by atoms with E-state index in [1.165, 1.54) is 30.1 Å². The van der Waals surface area contributed by atoms with Crippen LogP contribution < -0.4 is 10.6 Å². The molecular weight excluding hydrogens is 381 g/mol. The van der Waals surface area contributed by atoms with Gasteiger partial charge in [0, 0.05) is 13.1 Å². The lowest BCUT2D eigenvalue weighted by Crippen LogP contribution is -2.43. The summed E-state index contributed by atoms with van der Waals surface area (Å²) >= 11 is 0. The van der Waals surface area contributed by atoms with Crippen LogP contribution in [0.15, 0.2) is 24.7 Å². The predicted molar refractivity (Wildman–Crippen MR) is 89.7 cm³/mol. The standard InChI is InChI=1S/C16H15F3N6O3/c1-9(26)23-11-6-22-25(7-11)8-15(2,28)14(27)24-10-3-12(16(17,18)19)13(4-20)21-5-10/h3,5-7,28H,8H2,1-2H3,(H,23,26)(H,24,27). The van der Waals surface area contributed by atoms with Gasteiger partial charge in [0.05, 0.1) is 35.9 Å². The molecule has 0 bridgehead atoms. The highest BCUT2D eigenvalue weighted by atomic mass is 19.4. The minimum absolute atomic E-state index is 0.335. The van der Waals surface area contributed by atoms with Gasteiger partial charge in [0.1, 0.15) is 6.07 Å². The molecule has 2 amide bonds. The normalized spacial score (nSPS) is 13.3. The third-order valence-electron chi connectivity index (χ3n) is 3.47. The SMILES string of the molecule is CC(=O)Nc1cnn(CC(C)(O)C(=O)Nc2cnc(C#N)c(C(F)(F)F)c2)c1. The van der Waals surface area contributed by atoms with E-state index in [1.54, 1.807) is 0 Å². The Balaban J connectivity index is 2.16. The average molecular weight is 396 g/mol. The summed E-state index contributed by atoms with van der Waals surface area (Å²) in [6, 6.07) is 1.88. The Morgan fingerprint density at radius 1 is 1.29 bits per heavy atom. The minimum atomic E-state index is -4.84. The summed E-state index contributed by atoms with van der Waals surface area (Å²) in [5, 5.41) is 27.6. The maximum absolute atomic E-state index is 13.0. The van der Waals surface area contributed by atoms with Crippen LogP contribution in [-0.2, 0) is 22.3 Å². The van der Waals surface area contributed by atoms with E-state index in [1.807, 2.05) is 0 Å². The van der Waals surface area contributed by atoms with Gasteiger partial charge in [-0.25, -0.2) is 4.98 Å². The molecule has 0 spiro atoms. The van der Waals surface area contributed by atoms with Gasteiger partial charge in [0.25, 0.3) is 5.91 Å². The smallest absolute Gasteiger partial charge is 0.378 e. The summed E-state index contributed by atoms with van der Waals surface area (Å²) in [5.41, 5.74) is -4.18. The van der Waals surface area contributed by atoms with E-state index in [0.29, 0.717) is 11.8 Å². The lowest BCUT2D eigenvalue weighted by atomic mass is 10.1. The van der Waals surface area contributed by atoms with E-state index < -0.39 is 28.9 Å². The summed E-state index contributed by atoms with van der Waals surface area (Å²) in [4.78, 5) is 26.7. The van der Waals surface area contributed by atoms with E-state index in [0.717, 1.165) is 13.1 Å². The third-order valence-corrected chi connectivity index (χ3v) is 3.47. The Kier molecular flexibility index (Phi) is 5.70. The van der Waals surface area contributed by atoms with Crippen LogP contribution in [0, 0.1) is 11.3 Å². The number of hydrogen-bond acceptors (Lipinski definition) is 6. The van der Waals surface area contributed by atoms with Crippen LogP contribution in [0.2, 0.25) is 0 Å². The molecule has 1 unspecified atom stereocenters. The topological polar surface area (TPSA) is 133 Å². The second kappa shape index (κ2) is 7.65. The molecule has 1 atom stereocenters. The van der Waals surface area contributed by atoms with Gasteiger partial charge in [0.15, 0.2) is 11.3 Å². The van der Waals surface area contributed by atoms with Crippen molar-refractivity contribution in [2.24, 2.45) is 0 Å². The zero-order valence-electron chi connectivity index (χ0n) is 14.7. The lowest BCUT2D eigenvalue weighted by molar-refractivity contribution is -0.138. The first kappa shape index (κ1) is 20.8. The van der Waals surface area contributed by atoms with Gasteiger partial charge >= 0.3 is 6.18 Å². The zero-order chi connectivity index (χ0) is 21.1. The molecule has 148 valence electrons. The monoisotopic (exact) mass is 396 g/mol. The third kappa shape index (κ3) is 5.04. The molecule has 0 saturated heterocycles. The number of alkyl halides is 3. The van der Waals surface area contributed by atoms with Crippen molar-refractivity contribution in [3.63, 3.8) is 0 Å². The minimum Gasteiger partial charge on any atom is -0.378 e. The maximum atomic E-state index is 13.0. The molecule has 3 N–H and O–H groups in total. The molecule has 0 fully saturated rings. The van der Waals surface area contributed by atoms with Crippen molar-refractivity contribution in [2.45, 2.75) is 32.2 Å². The van der Waals surface area contributed by atoms with Crippen molar-refractivity contribution in [1.29, 1.82) is 5.26 Å². The number of nitrogens with one attached hydrogen (secondary N) is 2. The number of hydrogen-bond donors (Lipinski definition) is 3. The van der Waals surface area contributed by atoms with Crippen LogP contribution in [0.4, 0.5) is 24.5 Å². The number of aliphatic hydroxyl groups is 1. The van der Waals surface area contributed by atoms with E-state index in [2.05, 4.69) is 20.7 Å². The first-order chi connectivity index (χ1) is 12.9. The van der Waals surface area contributed by atoms with Gasteiger partial charge in [0.2, 0.25) is 5.91 Å². The molecule has 0 aromatic carbocycles. The van der Waals surface area contributed by atoms with Crippen LogP contribution >= 0.6 is 0 Å². The van der Waals surface area contributed by atoms with Crippen molar-refractivity contribution in [3.05, 3.63) is 35.9 Å². The molecule has 2 aromatic rings. The van der Waals surface area contributed by atoms with Crippen LogP contribution in [-0.4, -0.2) is 37.3 Å². The fourth-order valence-corrected chi connectivity index (χ4v) is 2.21. The molecule has 2 aromatic heterocycles. The van der Waals surface area contributed by atoms with Crippen molar-refractivity contribution in [1.82, 2.24) is 14.8 Å². The highest BCUT2D eigenvalue weighted by molar-refractivity contribution is 5.96. The van der Waals surface area contributed by atoms with Crippen LogP contribution in [0.5, 0.6) is 0 Å². The number of carbonyl (C=O) groups is 2. The number of aromatic nitrogens is 3. The van der Waals surface area contributed by atoms with Crippen molar-refractivity contribution in [2.75, 3.05) is 10.6 Å². The van der Waals surface area contributed by atoms with E-state index in [9.17, 15) is 27.9 Å². The van der Waals surface area contributed by atoms with Crippen LogP contribution in [0.3, 0.4) is 0 Å². The first-order valence-electron chi connectivity index (χ1n) is 7.73. The molecule has 0 aliphatic heterocycles. The van der Waals surface area contributed by atoms with Gasteiger partial charge in [-0.05, 0) is 13.0 Å². The number of anilines is 2. The van der Waals surface area contributed by atoms with Crippen molar-refractivity contribution < 1.29 is 27.9 Å². The van der Waals surface area contributed by atoms with Gasteiger partial charge < -0.3 is 15.7 Å². The molecule has 0 aliphatic carbocycles. The second-order valence-corrected chi connectivity index (χ2v) is 6.07. The molecule has 28 heavy (non-hydrogen) atoms. The highest BCUT2D eigenvalue weighted by Gasteiger charge is 2.36. The van der Waals surface area contributed by atoms with E-state index in [-0.39, 0.29) is 18.1 Å². The Hall–Kier alpha value is -3.46. The van der Waals surface area contributed by atoms with E-state index in [4.69, 9.17) is 5.26 Å². The number of halogens is 3. The van der Waals surface area contributed by atoms with Gasteiger partial charge in [-0.3, -0.25) is 14.3 Å². The number of carbonyl (C=O) groups excluding carboxylic acids is 2. The molecule has 0 saturated carbocycles. The zero-order valence-corrected chi connectivity index (χ0v) is 14.7. The van der Waals surface area contributed by atoms with Gasteiger partial charge in [-0.2, -0.15) is 23.5 Å². The fraction of sp³-hybridized carbons (Fsp3) is 0.312. The largest absolute Gasteiger partial charge is 0.419 e. The highest BCUT2D eigenvalue weighted by Crippen LogP contribution is 2.32. The summed E-state index contributed by atoms with van der Waals surface area (Å²) in [6.45, 7) is 2.10. The maximum Gasteiger partial charge on any atom is 0.419 e. The summed E-state index contributed by atoms with van der Waals surface area (Å²) in [6.07, 6.45) is -1.29. The molecule has 9 nitrogen and oxygen atoms in total. The van der Waals surface area contributed by atoms with Crippen LogP contribution in [0.1, 0.15) is 25.1 Å². The average Bonchev–Trinajstić information content (AvgIpc) is 2.99. The molecule has 12 heteroatoms. The second-order valence-electron chi connectivity index (χ2n) is 6.07. The quantitative estimate of drug-likeness (QED) is 0.702. The predicted octanol–water partition coefficient (Wildman–Crippen LogP) is 1.52. The summed E-state index contributed by atoms with van der Waals surface area (Å²) in [7, 11) is 0. The van der Waals surface area contributed by atoms with Crippen LogP contribution in [0.25, 0.3) is 0 Å². The van der Waals surface area contributed by atoms with Gasteiger partial charge in [-0.15, -0.1) is 0 Å². The Morgan fingerprint density at radius 2 is 1.96 bits per heavy atom. The first-order valence-corrected chi connectivity index (χ1v) is 7.73. The van der Waals surface area contributed by atoms with Crippen molar-refractivity contribution in [3.8, 4) is 6.07 Å². The molecule has 2 rings (SSSR count). The fourth-order valence-electron chi connectivity index (χ4n) is 2.21. The van der Waals surface area contributed by atoms with Gasteiger partial charge in [-0.1, -0.05) is 0 Å². The number of rotatable bonds is 5. The summed E-state index contributed by atoms with van der Waals surface area (Å²) < 4.78 is 40.1. The molecular formula is C16H15F3N6O3.